The SMILES string of the molecule is C[C@@H]1CN([C@H](C)CO)C(=O)Cc2cc(NC(=O)CCCCCC(=O)Nc3ccccc3N)ccc2O[C@@H]1CN(C)S(=O)(=O)c1ccc(Cl)cc1. The number of aliphatic hydroxyl groups is 1. The van der Waals surface area contributed by atoms with Crippen molar-refractivity contribution >= 4 is 56.4 Å². The molecule has 0 unspecified atom stereocenters. The zero-order valence-corrected chi connectivity index (χ0v) is 30.2. The summed E-state index contributed by atoms with van der Waals surface area (Å²) in [7, 11) is -2.41. The topological polar surface area (TPSA) is 171 Å². The largest absolute Gasteiger partial charge is 0.488 e. The molecule has 1 aliphatic heterocycles. The quantitative estimate of drug-likeness (QED) is 0.134. The van der Waals surface area contributed by atoms with Crippen molar-refractivity contribution in [3.63, 3.8) is 0 Å². The Morgan fingerprint density at radius 3 is 2.36 bits per heavy atom. The molecule has 0 fully saturated rings. The number of nitrogens with two attached hydrogens (primary N) is 1. The van der Waals surface area contributed by atoms with Gasteiger partial charge in [-0.25, -0.2) is 8.42 Å². The molecule has 0 bridgehead atoms. The van der Waals surface area contributed by atoms with Crippen molar-refractivity contribution in [1.82, 2.24) is 9.21 Å². The molecule has 14 heteroatoms. The summed E-state index contributed by atoms with van der Waals surface area (Å²) in [4.78, 5) is 40.3. The molecule has 12 nitrogen and oxygen atoms in total. The van der Waals surface area contributed by atoms with E-state index in [0.717, 1.165) is 0 Å². The zero-order chi connectivity index (χ0) is 36.4. The van der Waals surface area contributed by atoms with Crippen LogP contribution in [0.2, 0.25) is 5.02 Å². The number of nitrogens with one attached hydrogen (secondary N) is 2. The molecule has 0 aromatic heterocycles. The van der Waals surface area contributed by atoms with Crippen LogP contribution in [0, 0.1) is 5.92 Å². The number of amides is 3. The van der Waals surface area contributed by atoms with Crippen molar-refractivity contribution in [2.75, 3.05) is 43.1 Å². The molecule has 3 aromatic rings. The number of ether oxygens (including phenoxy) is 1. The summed E-state index contributed by atoms with van der Waals surface area (Å²) in [6.07, 6.45) is 1.73. The molecule has 1 aliphatic rings. The van der Waals surface area contributed by atoms with Gasteiger partial charge in [0.1, 0.15) is 11.9 Å². The Labute approximate surface area is 299 Å². The van der Waals surface area contributed by atoms with Gasteiger partial charge in [-0.2, -0.15) is 4.31 Å². The predicted octanol–water partition coefficient (Wildman–Crippen LogP) is 4.92. The number of aliphatic hydroxyl groups excluding tert-OH is 1. The molecule has 3 atom stereocenters. The van der Waals surface area contributed by atoms with Crippen LogP contribution in [0.1, 0.15) is 51.5 Å². The molecule has 0 spiro atoms. The number of hydrogen-bond donors (Lipinski definition) is 4. The van der Waals surface area contributed by atoms with Crippen molar-refractivity contribution in [3.8, 4) is 5.75 Å². The minimum atomic E-state index is -3.88. The molecule has 50 heavy (non-hydrogen) atoms. The van der Waals surface area contributed by atoms with Crippen LogP contribution >= 0.6 is 11.6 Å². The normalized spacial score (nSPS) is 17.2. The van der Waals surface area contributed by atoms with Crippen LogP contribution in [0.3, 0.4) is 0 Å². The molecule has 0 aliphatic carbocycles. The van der Waals surface area contributed by atoms with Gasteiger partial charge in [-0.1, -0.05) is 37.1 Å². The van der Waals surface area contributed by atoms with Crippen LogP contribution in [0.15, 0.2) is 71.6 Å². The fourth-order valence-electron chi connectivity index (χ4n) is 5.66. The van der Waals surface area contributed by atoms with Crippen LogP contribution in [0.25, 0.3) is 0 Å². The Bertz CT molecular complexity index is 1760. The highest BCUT2D eigenvalue weighted by Crippen LogP contribution is 2.30. The molecule has 3 amide bonds. The van der Waals surface area contributed by atoms with E-state index in [4.69, 9.17) is 22.1 Å². The number of rotatable bonds is 14. The highest BCUT2D eigenvalue weighted by molar-refractivity contribution is 7.89. The van der Waals surface area contributed by atoms with E-state index in [1.165, 1.54) is 35.6 Å². The smallest absolute Gasteiger partial charge is 0.242 e. The van der Waals surface area contributed by atoms with Gasteiger partial charge in [0.2, 0.25) is 27.7 Å². The zero-order valence-electron chi connectivity index (χ0n) is 28.6. The first-order chi connectivity index (χ1) is 23.8. The van der Waals surface area contributed by atoms with Crippen LogP contribution in [-0.4, -0.2) is 79.3 Å². The summed E-state index contributed by atoms with van der Waals surface area (Å²) in [5.41, 5.74) is 7.96. The number of benzene rings is 3. The molecule has 0 saturated carbocycles. The number of nitrogens with zero attached hydrogens (tertiary/aromatic N) is 2. The first kappa shape index (κ1) is 38.6. The Kier molecular flexibility index (Phi) is 13.6. The van der Waals surface area contributed by atoms with Gasteiger partial charge in [-0.05, 0) is 74.4 Å². The van der Waals surface area contributed by atoms with Crippen molar-refractivity contribution in [2.24, 2.45) is 5.92 Å². The van der Waals surface area contributed by atoms with E-state index in [9.17, 15) is 27.9 Å². The van der Waals surface area contributed by atoms with Crippen LogP contribution < -0.4 is 21.1 Å². The van der Waals surface area contributed by atoms with Gasteiger partial charge in [0.05, 0.1) is 41.9 Å². The molecule has 5 N–H and O–H groups in total. The molecule has 0 radical (unpaired) electrons. The standard InChI is InChI=1S/C36H46ClN5O7S/c1-24-21-42(25(2)23-43)36(46)20-26-19-28(39-34(44)11-5-4-6-12-35(45)40-31-10-8-7-9-30(31)38)15-18-32(26)49-33(24)22-41(3)50(47,48)29-16-13-27(37)14-17-29/h7-10,13-19,24-25,33,43H,4-6,11-12,20-23,38H2,1-3H3,(H,39,44)(H,40,45)/t24-,25-,33-/m1/s1. The number of para-hydroxylation sites is 2. The van der Waals surface area contributed by atoms with E-state index in [1.807, 2.05) is 6.92 Å². The second-order valence-electron chi connectivity index (χ2n) is 12.7. The van der Waals surface area contributed by atoms with E-state index in [-0.39, 0.29) is 61.1 Å². The van der Waals surface area contributed by atoms with Gasteiger partial charge in [-0.15, -0.1) is 0 Å². The number of halogens is 1. The summed E-state index contributed by atoms with van der Waals surface area (Å²) in [6.45, 7) is 3.60. The lowest BCUT2D eigenvalue weighted by Crippen LogP contribution is -2.48. The summed E-state index contributed by atoms with van der Waals surface area (Å²) in [6, 6.07) is 17.5. The lowest BCUT2D eigenvalue weighted by molar-refractivity contribution is -0.134. The highest BCUT2D eigenvalue weighted by Gasteiger charge is 2.33. The maximum Gasteiger partial charge on any atom is 0.242 e. The second-order valence-corrected chi connectivity index (χ2v) is 15.2. The summed E-state index contributed by atoms with van der Waals surface area (Å²) >= 11 is 5.97. The monoisotopic (exact) mass is 727 g/mol. The number of unbranched alkanes of at least 4 members (excludes halogenated alkanes) is 2. The average Bonchev–Trinajstić information content (AvgIpc) is 3.12. The Hall–Kier alpha value is -4.17. The molecular weight excluding hydrogens is 682 g/mol. The molecule has 3 aromatic carbocycles. The third kappa shape index (κ3) is 10.4. The fraction of sp³-hybridized carbons (Fsp3) is 0.417. The Morgan fingerprint density at radius 1 is 1.04 bits per heavy atom. The fourth-order valence-corrected chi connectivity index (χ4v) is 6.97. The maximum absolute atomic E-state index is 13.6. The Morgan fingerprint density at radius 2 is 1.70 bits per heavy atom. The lowest BCUT2D eigenvalue weighted by Gasteiger charge is -2.33. The predicted molar refractivity (Wildman–Crippen MR) is 194 cm³/mol. The van der Waals surface area contributed by atoms with Crippen molar-refractivity contribution < 1.29 is 32.6 Å². The van der Waals surface area contributed by atoms with Gasteiger partial charge in [0.25, 0.3) is 0 Å². The average molecular weight is 728 g/mol. The number of hydrogen-bond acceptors (Lipinski definition) is 8. The number of carbonyl (C=O) groups is 3. The second kappa shape index (κ2) is 17.7. The first-order valence-corrected chi connectivity index (χ1v) is 18.5. The van der Waals surface area contributed by atoms with Crippen LogP contribution in [-0.2, 0) is 30.8 Å². The number of fused-ring (bicyclic) bond motifs is 1. The summed E-state index contributed by atoms with van der Waals surface area (Å²) in [5.74, 6) is -0.492. The molecule has 4 rings (SSSR count). The minimum absolute atomic E-state index is 0.0123. The van der Waals surface area contributed by atoms with Gasteiger partial charge >= 0.3 is 0 Å². The van der Waals surface area contributed by atoms with Gasteiger partial charge in [0, 0.05) is 48.6 Å². The van der Waals surface area contributed by atoms with Crippen molar-refractivity contribution in [3.05, 3.63) is 77.3 Å². The number of anilines is 3. The molecule has 1 heterocycles. The van der Waals surface area contributed by atoms with E-state index < -0.39 is 22.2 Å². The highest BCUT2D eigenvalue weighted by atomic mass is 35.5. The van der Waals surface area contributed by atoms with Gasteiger partial charge in [0.15, 0.2) is 0 Å². The molecule has 0 saturated heterocycles. The number of nitrogen functional groups attached to an aromatic ring is 1. The van der Waals surface area contributed by atoms with Crippen LogP contribution in [0.4, 0.5) is 17.1 Å². The molecule has 270 valence electrons. The number of sulfonamides is 1. The Balaban J connectivity index is 1.41. The van der Waals surface area contributed by atoms with Crippen molar-refractivity contribution in [1.29, 1.82) is 0 Å². The maximum atomic E-state index is 13.6. The summed E-state index contributed by atoms with van der Waals surface area (Å²) < 4.78 is 34.5. The third-order valence-corrected chi connectivity index (χ3v) is 10.8. The van der Waals surface area contributed by atoms with Gasteiger partial charge < -0.3 is 31.1 Å². The number of carbonyl (C=O) groups excluding carboxylic acids is 3. The number of likely N-dealkylation sites (N-methyl/N-ethyl adjacent to an activating group) is 1. The van der Waals surface area contributed by atoms with Gasteiger partial charge in [-0.3, -0.25) is 14.4 Å². The van der Waals surface area contributed by atoms with E-state index in [2.05, 4.69) is 10.6 Å². The summed E-state index contributed by atoms with van der Waals surface area (Å²) in [5, 5.41) is 16.0. The van der Waals surface area contributed by atoms with E-state index in [0.29, 0.717) is 59.1 Å². The van der Waals surface area contributed by atoms with Crippen molar-refractivity contribution in [2.45, 2.75) is 69.4 Å². The van der Waals surface area contributed by atoms with E-state index >= 15 is 0 Å². The minimum Gasteiger partial charge on any atom is -0.488 e. The first-order valence-electron chi connectivity index (χ1n) is 16.6. The van der Waals surface area contributed by atoms with Crippen LogP contribution in [0.5, 0.6) is 5.75 Å². The lowest BCUT2D eigenvalue weighted by atomic mass is 10.0. The molecular formula is C36H46ClN5O7S. The van der Waals surface area contributed by atoms with E-state index in [1.54, 1.807) is 54.3 Å². The third-order valence-electron chi connectivity index (χ3n) is 8.70.